The molecule has 0 heterocycles. The second-order valence-electron chi connectivity index (χ2n) is 3.12. The fraction of sp³-hybridized carbons (Fsp3) is 0.857. The van der Waals surface area contributed by atoms with Crippen molar-refractivity contribution in [2.24, 2.45) is 5.92 Å². The van der Waals surface area contributed by atoms with E-state index >= 15 is 0 Å². The lowest BCUT2D eigenvalue weighted by molar-refractivity contribution is -0.141. The first-order valence-electron chi connectivity index (χ1n) is 4.40. The maximum Gasteiger partial charge on any atom is 0.511 e. The van der Waals surface area contributed by atoms with Crippen molar-refractivity contribution in [2.45, 2.75) is 25.3 Å². The van der Waals surface area contributed by atoms with E-state index in [0.717, 1.165) is 0 Å². The molecule has 0 fully saturated rings. The highest BCUT2D eigenvalue weighted by Gasteiger charge is 2.45. The summed E-state index contributed by atoms with van der Waals surface area (Å²) in [5, 5.41) is 8.59. The zero-order chi connectivity index (χ0) is 13.0. The summed E-state index contributed by atoms with van der Waals surface area (Å²) in [6.45, 7) is 0.888. The molecule has 0 aromatic rings. The quantitative estimate of drug-likeness (QED) is 0.746. The number of hydrogen-bond donors (Lipinski definition) is 2. The molecule has 0 amide bonds. The van der Waals surface area contributed by atoms with Crippen molar-refractivity contribution in [1.29, 1.82) is 0 Å². The molecule has 0 aromatic carbocycles. The predicted molar refractivity (Wildman–Crippen MR) is 49.0 cm³/mol. The van der Waals surface area contributed by atoms with Crippen molar-refractivity contribution in [3.63, 3.8) is 0 Å². The standard InChI is InChI=1S/C7H12F3NO4S/c1-2-3-5(6(12)13)4-11-16(14,15)7(8,9)10/h5,11H,2-4H2,1H3,(H,12,13). The van der Waals surface area contributed by atoms with Crippen LogP contribution in [0.25, 0.3) is 0 Å². The fourth-order valence-electron chi connectivity index (χ4n) is 0.953. The molecule has 0 saturated carbocycles. The highest BCUT2D eigenvalue weighted by atomic mass is 32.2. The predicted octanol–water partition coefficient (Wildman–Crippen LogP) is 0.927. The van der Waals surface area contributed by atoms with Gasteiger partial charge in [0.1, 0.15) is 0 Å². The zero-order valence-electron chi connectivity index (χ0n) is 8.41. The van der Waals surface area contributed by atoms with Gasteiger partial charge in [0.25, 0.3) is 0 Å². The van der Waals surface area contributed by atoms with Gasteiger partial charge in [-0.05, 0) is 6.42 Å². The molecule has 0 radical (unpaired) electrons. The summed E-state index contributed by atoms with van der Waals surface area (Å²) in [5.41, 5.74) is -5.41. The topological polar surface area (TPSA) is 83.5 Å². The van der Waals surface area contributed by atoms with Crippen molar-refractivity contribution in [2.75, 3.05) is 6.54 Å². The van der Waals surface area contributed by atoms with E-state index in [1.54, 1.807) is 6.92 Å². The molecule has 0 rings (SSSR count). The number of aliphatic carboxylic acids is 1. The van der Waals surface area contributed by atoms with Crippen molar-refractivity contribution in [1.82, 2.24) is 4.72 Å². The van der Waals surface area contributed by atoms with Gasteiger partial charge < -0.3 is 5.11 Å². The number of alkyl halides is 3. The van der Waals surface area contributed by atoms with Gasteiger partial charge in [0.2, 0.25) is 0 Å². The summed E-state index contributed by atoms with van der Waals surface area (Å²) in [6.07, 6.45) is 0.542. The largest absolute Gasteiger partial charge is 0.511 e. The molecule has 5 nitrogen and oxygen atoms in total. The molecular formula is C7H12F3NO4S. The summed E-state index contributed by atoms with van der Waals surface area (Å²) >= 11 is 0. The minimum absolute atomic E-state index is 0.107. The number of sulfonamides is 1. The third kappa shape index (κ3) is 4.35. The van der Waals surface area contributed by atoms with E-state index < -0.39 is 34.0 Å². The first-order chi connectivity index (χ1) is 7.12. The summed E-state index contributed by atoms with van der Waals surface area (Å²) in [7, 11) is -5.46. The summed E-state index contributed by atoms with van der Waals surface area (Å²) in [5.74, 6) is -2.48. The average molecular weight is 263 g/mol. The second-order valence-corrected chi connectivity index (χ2v) is 4.88. The van der Waals surface area contributed by atoms with E-state index in [1.807, 2.05) is 0 Å². The lowest BCUT2D eigenvalue weighted by atomic mass is 10.1. The Labute approximate surface area is 90.7 Å². The van der Waals surface area contributed by atoms with Gasteiger partial charge in [0, 0.05) is 6.54 Å². The zero-order valence-corrected chi connectivity index (χ0v) is 9.23. The van der Waals surface area contributed by atoms with Crippen LogP contribution in [0.2, 0.25) is 0 Å². The van der Waals surface area contributed by atoms with Gasteiger partial charge in [-0.25, -0.2) is 13.1 Å². The number of carbonyl (C=O) groups is 1. The van der Waals surface area contributed by atoms with Gasteiger partial charge in [0.05, 0.1) is 5.92 Å². The summed E-state index contributed by atoms with van der Waals surface area (Å²) < 4.78 is 58.0. The van der Waals surface area contributed by atoms with Crippen molar-refractivity contribution < 1.29 is 31.5 Å². The third-order valence-corrected chi connectivity index (χ3v) is 2.97. The van der Waals surface area contributed by atoms with Crippen LogP contribution in [-0.4, -0.2) is 31.5 Å². The highest BCUT2D eigenvalue weighted by Crippen LogP contribution is 2.21. The monoisotopic (exact) mass is 263 g/mol. The van der Waals surface area contributed by atoms with E-state index in [2.05, 4.69) is 0 Å². The van der Waals surface area contributed by atoms with Crippen LogP contribution in [0.5, 0.6) is 0 Å². The van der Waals surface area contributed by atoms with E-state index in [0.29, 0.717) is 6.42 Å². The Morgan fingerprint density at radius 1 is 1.44 bits per heavy atom. The van der Waals surface area contributed by atoms with Gasteiger partial charge in [-0.15, -0.1) is 0 Å². The van der Waals surface area contributed by atoms with Gasteiger partial charge in [0.15, 0.2) is 0 Å². The minimum atomic E-state index is -5.46. The first kappa shape index (κ1) is 15.2. The molecule has 0 aliphatic carbocycles. The van der Waals surface area contributed by atoms with Crippen LogP contribution in [-0.2, 0) is 14.8 Å². The van der Waals surface area contributed by atoms with Crippen LogP contribution in [0.1, 0.15) is 19.8 Å². The fourth-order valence-corrected chi connectivity index (χ4v) is 1.54. The molecule has 0 aliphatic heterocycles. The molecule has 2 N–H and O–H groups in total. The van der Waals surface area contributed by atoms with E-state index in [9.17, 15) is 26.4 Å². The van der Waals surface area contributed by atoms with Crippen LogP contribution in [0, 0.1) is 5.92 Å². The number of halogens is 3. The normalized spacial score (nSPS) is 14.8. The Balaban J connectivity index is 4.49. The Hall–Kier alpha value is -0.830. The van der Waals surface area contributed by atoms with Crippen LogP contribution in [0.3, 0.4) is 0 Å². The molecule has 9 heteroatoms. The molecule has 0 aliphatic rings. The maximum atomic E-state index is 11.9. The number of rotatable bonds is 6. The van der Waals surface area contributed by atoms with Gasteiger partial charge in [-0.2, -0.15) is 13.2 Å². The van der Waals surface area contributed by atoms with E-state index in [4.69, 9.17) is 5.11 Å². The lowest BCUT2D eigenvalue weighted by Crippen LogP contribution is -2.40. The Kier molecular flexibility index (Phi) is 5.20. The molecule has 0 aromatic heterocycles. The molecule has 0 spiro atoms. The smallest absolute Gasteiger partial charge is 0.481 e. The summed E-state index contributed by atoms with van der Waals surface area (Å²) in [6, 6.07) is 0. The second kappa shape index (κ2) is 5.48. The number of carboxylic acid groups (broad SMARTS) is 1. The minimum Gasteiger partial charge on any atom is -0.481 e. The number of nitrogens with one attached hydrogen (secondary N) is 1. The van der Waals surface area contributed by atoms with Crippen LogP contribution >= 0.6 is 0 Å². The first-order valence-corrected chi connectivity index (χ1v) is 5.89. The average Bonchev–Trinajstić information content (AvgIpc) is 2.09. The molecule has 96 valence electrons. The summed E-state index contributed by atoms with van der Waals surface area (Å²) in [4.78, 5) is 10.5. The highest BCUT2D eigenvalue weighted by molar-refractivity contribution is 7.90. The van der Waals surface area contributed by atoms with Crippen molar-refractivity contribution in [3.05, 3.63) is 0 Å². The Morgan fingerprint density at radius 3 is 2.25 bits per heavy atom. The molecule has 16 heavy (non-hydrogen) atoms. The third-order valence-electron chi connectivity index (χ3n) is 1.81. The van der Waals surface area contributed by atoms with Crippen LogP contribution < -0.4 is 4.72 Å². The van der Waals surface area contributed by atoms with Crippen molar-refractivity contribution in [3.8, 4) is 0 Å². The molecule has 1 atom stereocenters. The van der Waals surface area contributed by atoms with Gasteiger partial charge in [-0.3, -0.25) is 4.79 Å². The van der Waals surface area contributed by atoms with E-state index in [-0.39, 0.29) is 6.42 Å². The molecular weight excluding hydrogens is 251 g/mol. The van der Waals surface area contributed by atoms with E-state index in [1.165, 1.54) is 4.72 Å². The maximum absolute atomic E-state index is 11.9. The molecule has 1 unspecified atom stereocenters. The Morgan fingerprint density at radius 2 is 1.94 bits per heavy atom. The van der Waals surface area contributed by atoms with Gasteiger partial charge in [-0.1, -0.05) is 13.3 Å². The van der Waals surface area contributed by atoms with Gasteiger partial charge >= 0.3 is 21.5 Å². The number of hydrogen-bond acceptors (Lipinski definition) is 3. The van der Waals surface area contributed by atoms with Crippen LogP contribution in [0.4, 0.5) is 13.2 Å². The van der Waals surface area contributed by atoms with Crippen LogP contribution in [0.15, 0.2) is 0 Å². The lowest BCUT2D eigenvalue weighted by Gasteiger charge is -2.13. The van der Waals surface area contributed by atoms with Crippen molar-refractivity contribution >= 4 is 16.0 Å². The SMILES string of the molecule is CCCC(CNS(=O)(=O)C(F)(F)F)C(=O)O. The Bertz CT molecular complexity index is 338. The molecule has 0 saturated heterocycles. The number of carboxylic acids is 1. The molecule has 0 bridgehead atoms.